The van der Waals surface area contributed by atoms with Crippen molar-refractivity contribution in [2.45, 2.75) is 45.1 Å². The molecule has 1 aromatic rings. The maximum atomic E-state index is 13.1. The molecule has 0 aromatic heterocycles. The van der Waals surface area contributed by atoms with Gasteiger partial charge in [0.25, 0.3) is 5.91 Å². The van der Waals surface area contributed by atoms with Crippen LogP contribution < -0.4 is 5.32 Å². The fourth-order valence-corrected chi connectivity index (χ4v) is 2.62. The molecule has 104 valence electrons. The highest BCUT2D eigenvalue weighted by Crippen LogP contribution is 2.26. The molecule has 0 aliphatic heterocycles. The van der Waals surface area contributed by atoms with Crippen LogP contribution in [0.4, 0.5) is 8.78 Å². The van der Waals surface area contributed by atoms with E-state index in [2.05, 4.69) is 12.2 Å². The summed E-state index contributed by atoms with van der Waals surface area (Å²) in [4.78, 5) is 11.9. The second kappa shape index (κ2) is 6.13. The highest BCUT2D eigenvalue weighted by Gasteiger charge is 2.22. The summed E-state index contributed by atoms with van der Waals surface area (Å²) in [7, 11) is 0. The maximum absolute atomic E-state index is 13.1. The van der Waals surface area contributed by atoms with Crippen molar-refractivity contribution < 1.29 is 13.6 Å². The molecule has 0 bridgehead atoms. The second-order valence-electron chi connectivity index (χ2n) is 5.23. The number of benzene rings is 1. The van der Waals surface area contributed by atoms with Crippen LogP contribution in [0.1, 0.15) is 49.4 Å². The van der Waals surface area contributed by atoms with E-state index in [1.807, 2.05) is 0 Å². The van der Waals surface area contributed by atoms with E-state index in [-0.39, 0.29) is 17.5 Å². The van der Waals surface area contributed by atoms with Gasteiger partial charge in [0, 0.05) is 11.6 Å². The quantitative estimate of drug-likeness (QED) is 0.889. The predicted octanol–water partition coefficient (Wildman–Crippen LogP) is 3.66. The molecule has 4 heteroatoms. The minimum Gasteiger partial charge on any atom is -0.349 e. The summed E-state index contributed by atoms with van der Waals surface area (Å²) in [5.41, 5.74) is 0.177. The highest BCUT2D eigenvalue weighted by atomic mass is 19.2. The monoisotopic (exact) mass is 267 g/mol. The molecule has 1 aliphatic carbocycles. The normalized spacial score (nSPS) is 23.1. The first kappa shape index (κ1) is 14.0. The Hall–Kier alpha value is -1.45. The number of rotatable bonds is 3. The molecule has 0 unspecified atom stereocenters. The lowest BCUT2D eigenvalue weighted by molar-refractivity contribution is 0.0921. The number of nitrogens with one attached hydrogen (secondary N) is 1. The Bertz CT molecular complexity index is 453. The van der Waals surface area contributed by atoms with E-state index in [0.29, 0.717) is 0 Å². The maximum Gasteiger partial charge on any atom is 0.251 e. The fraction of sp³-hybridized carbons (Fsp3) is 0.533. The van der Waals surface area contributed by atoms with Gasteiger partial charge in [-0.1, -0.05) is 13.3 Å². The van der Waals surface area contributed by atoms with Gasteiger partial charge in [-0.05, 0) is 49.8 Å². The fourth-order valence-electron chi connectivity index (χ4n) is 2.62. The zero-order valence-corrected chi connectivity index (χ0v) is 11.1. The van der Waals surface area contributed by atoms with E-state index in [1.165, 1.54) is 12.5 Å². The summed E-state index contributed by atoms with van der Waals surface area (Å²) in [5, 5.41) is 2.90. The summed E-state index contributed by atoms with van der Waals surface area (Å²) in [5.74, 6) is -1.47. The average molecular weight is 267 g/mol. The van der Waals surface area contributed by atoms with E-state index in [0.717, 1.165) is 43.7 Å². The Morgan fingerprint density at radius 3 is 2.47 bits per heavy atom. The van der Waals surface area contributed by atoms with Crippen molar-refractivity contribution >= 4 is 5.91 Å². The van der Waals surface area contributed by atoms with Crippen LogP contribution in [0.5, 0.6) is 0 Å². The number of amides is 1. The van der Waals surface area contributed by atoms with Crippen molar-refractivity contribution in [3.8, 4) is 0 Å². The molecule has 1 aromatic carbocycles. The van der Waals surface area contributed by atoms with Crippen LogP contribution >= 0.6 is 0 Å². The number of hydrogen-bond acceptors (Lipinski definition) is 1. The Balaban J connectivity index is 1.92. The summed E-state index contributed by atoms with van der Waals surface area (Å²) in [6.45, 7) is 2.19. The van der Waals surface area contributed by atoms with Crippen molar-refractivity contribution in [3.63, 3.8) is 0 Å². The molecule has 0 spiro atoms. The van der Waals surface area contributed by atoms with Crippen LogP contribution in [-0.2, 0) is 0 Å². The summed E-state index contributed by atoms with van der Waals surface area (Å²) < 4.78 is 25.9. The van der Waals surface area contributed by atoms with Crippen molar-refractivity contribution in [2.75, 3.05) is 0 Å². The van der Waals surface area contributed by atoms with Gasteiger partial charge in [-0.15, -0.1) is 0 Å². The first-order chi connectivity index (χ1) is 9.10. The Kier molecular flexibility index (Phi) is 4.51. The third-order valence-electron chi connectivity index (χ3n) is 3.94. The third-order valence-corrected chi connectivity index (χ3v) is 3.94. The van der Waals surface area contributed by atoms with Crippen molar-refractivity contribution in [3.05, 3.63) is 35.4 Å². The lowest BCUT2D eigenvalue weighted by atomic mass is 9.84. The van der Waals surface area contributed by atoms with Crippen LogP contribution in [0.3, 0.4) is 0 Å². The molecule has 0 radical (unpaired) electrons. The lowest BCUT2D eigenvalue weighted by Crippen LogP contribution is -2.37. The van der Waals surface area contributed by atoms with Gasteiger partial charge in [0.15, 0.2) is 11.6 Å². The van der Waals surface area contributed by atoms with Crippen LogP contribution in [0.2, 0.25) is 0 Å². The molecule has 1 fully saturated rings. The standard InChI is InChI=1S/C15H19F2NO/c1-2-10-3-6-12(7-4-10)18-15(19)11-5-8-13(16)14(17)9-11/h5,8-10,12H,2-4,6-7H2,1H3,(H,18,19). The van der Waals surface area contributed by atoms with Gasteiger partial charge in [-0.3, -0.25) is 4.79 Å². The van der Waals surface area contributed by atoms with Gasteiger partial charge in [-0.25, -0.2) is 8.78 Å². The van der Waals surface area contributed by atoms with Gasteiger partial charge < -0.3 is 5.32 Å². The molecule has 1 N–H and O–H groups in total. The van der Waals surface area contributed by atoms with Crippen LogP contribution in [0, 0.1) is 17.6 Å². The molecule has 1 amide bonds. The van der Waals surface area contributed by atoms with E-state index in [1.54, 1.807) is 0 Å². The molecule has 1 aliphatic rings. The molecule has 2 rings (SSSR count). The SMILES string of the molecule is CCC1CCC(NC(=O)c2ccc(F)c(F)c2)CC1. The highest BCUT2D eigenvalue weighted by molar-refractivity contribution is 5.94. The summed E-state index contributed by atoms with van der Waals surface area (Å²) in [6.07, 6.45) is 5.37. The Labute approximate surface area is 112 Å². The average Bonchev–Trinajstić information content (AvgIpc) is 2.42. The Morgan fingerprint density at radius 1 is 1.21 bits per heavy atom. The molecule has 0 atom stereocenters. The second-order valence-corrected chi connectivity index (χ2v) is 5.23. The van der Waals surface area contributed by atoms with Gasteiger partial charge in [0.1, 0.15) is 0 Å². The topological polar surface area (TPSA) is 29.1 Å². The van der Waals surface area contributed by atoms with Gasteiger partial charge in [0.2, 0.25) is 0 Å². The molecular weight excluding hydrogens is 248 g/mol. The first-order valence-corrected chi connectivity index (χ1v) is 6.86. The van der Waals surface area contributed by atoms with E-state index >= 15 is 0 Å². The molecular formula is C15H19F2NO. The van der Waals surface area contributed by atoms with E-state index in [9.17, 15) is 13.6 Å². The molecule has 2 nitrogen and oxygen atoms in total. The van der Waals surface area contributed by atoms with Crippen LogP contribution in [0.15, 0.2) is 18.2 Å². The number of carbonyl (C=O) groups excluding carboxylic acids is 1. The molecule has 0 saturated heterocycles. The van der Waals surface area contributed by atoms with Crippen LogP contribution in [0.25, 0.3) is 0 Å². The third kappa shape index (κ3) is 3.52. The predicted molar refractivity (Wildman–Crippen MR) is 69.9 cm³/mol. The minimum absolute atomic E-state index is 0.156. The smallest absolute Gasteiger partial charge is 0.251 e. The zero-order valence-electron chi connectivity index (χ0n) is 11.1. The Morgan fingerprint density at radius 2 is 1.89 bits per heavy atom. The number of hydrogen-bond donors (Lipinski definition) is 1. The largest absolute Gasteiger partial charge is 0.349 e. The zero-order chi connectivity index (χ0) is 13.8. The first-order valence-electron chi connectivity index (χ1n) is 6.86. The molecule has 1 saturated carbocycles. The molecule has 19 heavy (non-hydrogen) atoms. The van der Waals surface area contributed by atoms with Crippen molar-refractivity contribution in [1.82, 2.24) is 5.32 Å². The lowest BCUT2D eigenvalue weighted by Gasteiger charge is -2.28. The van der Waals surface area contributed by atoms with Gasteiger partial charge in [0.05, 0.1) is 0 Å². The van der Waals surface area contributed by atoms with E-state index < -0.39 is 11.6 Å². The number of halogens is 2. The summed E-state index contributed by atoms with van der Waals surface area (Å²) >= 11 is 0. The summed E-state index contributed by atoms with van der Waals surface area (Å²) in [6, 6.07) is 3.40. The number of carbonyl (C=O) groups is 1. The van der Waals surface area contributed by atoms with Crippen molar-refractivity contribution in [1.29, 1.82) is 0 Å². The van der Waals surface area contributed by atoms with Gasteiger partial charge in [-0.2, -0.15) is 0 Å². The van der Waals surface area contributed by atoms with Gasteiger partial charge >= 0.3 is 0 Å². The minimum atomic E-state index is -0.984. The van der Waals surface area contributed by atoms with Crippen LogP contribution in [-0.4, -0.2) is 11.9 Å². The molecule has 0 heterocycles. The van der Waals surface area contributed by atoms with E-state index in [4.69, 9.17) is 0 Å². The van der Waals surface area contributed by atoms with Crippen molar-refractivity contribution in [2.24, 2.45) is 5.92 Å².